The fourth-order valence-electron chi connectivity index (χ4n) is 2.68. The van der Waals surface area contributed by atoms with Gasteiger partial charge in [0.05, 0.1) is 32.7 Å². The van der Waals surface area contributed by atoms with E-state index in [9.17, 15) is 4.79 Å². The molecule has 0 saturated heterocycles. The molecule has 0 atom stereocenters. The molecule has 0 bridgehead atoms. The normalized spacial score (nSPS) is 10.8. The summed E-state index contributed by atoms with van der Waals surface area (Å²) < 4.78 is 17.5. The molecule has 2 aromatic carbocycles. The highest BCUT2D eigenvalue weighted by Crippen LogP contribution is 2.38. The second-order valence-electron chi connectivity index (χ2n) is 5.78. The number of carbonyl (C=O) groups is 1. The highest BCUT2D eigenvalue weighted by molar-refractivity contribution is 6.31. The minimum Gasteiger partial charge on any atom is -0.493 e. The van der Waals surface area contributed by atoms with Gasteiger partial charge in [0.2, 0.25) is 11.7 Å². The van der Waals surface area contributed by atoms with Crippen LogP contribution in [0.1, 0.15) is 5.56 Å². The molecule has 3 aromatic rings. The van der Waals surface area contributed by atoms with Gasteiger partial charge in [0.15, 0.2) is 11.5 Å². The molecule has 8 nitrogen and oxygen atoms in total. The van der Waals surface area contributed by atoms with Crippen LogP contribution >= 0.6 is 11.6 Å². The number of hydrogen-bond donors (Lipinski definition) is 1. The van der Waals surface area contributed by atoms with Gasteiger partial charge in [-0.15, -0.1) is 0 Å². The lowest BCUT2D eigenvalue weighted by Gasteiger charge is -2.13. The van der Waals surface area contributed by atoms with Crippen molar-refractivity contribution in [2.45, 2.75) is 0 Å². The molecular formula is C20H19ClN4O4. The number of carbonyl (C=O) groups excluding carboxylic acids is 1. The summed E-state index contributed by atoms with van der Waals surface area (Å²) in [7, 11) is 4.59. The lowest BCUT2D eigenvalue weighted by Crippen LogP contribution is -2.11. The van der Waals surface area contributed by atoms with Crippen molar-refractivity contribution in [2.24, 2.45) is 0 Å². The Morgan fingerprint density at radius 3 is 2.41 bits per heavy atom. The summed E-state index contributed by atoms with van der Waals surface area (Å²) in [6.45, 7) is 0. The Morgan fingerprint density at radius 1 is 1.10 bits per heavy atom. The molecule has 0 radical (unpaired) electrons. The van der Waals surface area contributed by atoms with Crippen molar-refractivity contribution in [2.75, 3.05) is 26.6 Å². The molecule has 9 heteroatoms. The zero-order valence-electron chi connectivity index (χ0n) is 16.0. The van der Waals surface area contributed by atoms with Gasteiger partial charge in [-0.25, -0.2) is 9.67 Å². The van der Waals surface area contributed by atoms with Crippen molar-refractivity contribution in [3.8, 4) is 22.9 Å². The molecule has 0 aliphatic rings. The molecule has 0 unspecified atom stereocenters. The summed E-state index contributed by atoms with van der Waals surface area (Å²) >= 11 is 6.08. The standard InChI is InChI=1S/C20H19ClN4O4/c1-27-17-8-13(9-18(28-2)20(17)29-3)4-7-19(26)24-15-10-14(21)5-6-16(15)25-12-22-11-23-25/h4-12H,1-3H3,(H,24,26)/b7-4+. The second-order valence-corrected chi connectivity index (χ2v) is 6.22. The fraction of sp³-hybridized carbons (Fsp3) is 0.150. The van der Waals surface area contributed by atoms with E-state index < -0.39 is 0 Å². The van der Waals surface area contributed by atoms with E-state index in [-0.39, 0.29) is 5.91 Å². The average Bonchev–Trinajstić information content (AvgIpc) is 3.26. The largest absolute Gasteiger partial charge is 0.493 e. The maximum atomic E-state index is 12.5. The fourth-order valence-corrected chi connectivity index (χ4v) is 2.86. The van der Waals surface area contributed by atoms with Gasteiger partial charge in [0.1, 0.15) is 12.7 Å². The van der Waals surface area contributed by atoms with Gasteiger partial charge in [-0.1, -0.05) is 11.6 Å². The lowest BCUT2D eigenvalue weighted by atomic mass is 10.1. The first kappa shape index (κ1) is 20.2. The number of aromatic nitrogens is 3. The Morgan fingerprint density at radius 2 is 1.83 bits per heavy atom. The van der Waals surface area contributed by atoms with Gasteiger partial charge < -0.3 is 19.5 Å². The highest BCUT2D eigenvalue weighted by Gasteiger charge is 2.13. The topological polar surface area (TPSA) is 87.5 Å². The number of hydrogen-bond acceptors (Lipinski definition) is 6. The highest BCUT2D eigenvalue weighted by atomic mass is 35.5. The van der Waals surface area contributed by atoms with Crippen LogP contribution in [0.3, 0.4) is 0 Å². The maximum Gasteiger partial charge on any atom is 0.248 e. The molecule has 1 aromatic heterocycles. The van der Waals surface area contributed by atoms with Crippen molar-refractivity contribution >= 4 is 29.3 Å². The van der Waals surface area contributed by atoms with Crippen molar-refractivity contribution in [3.05, 3.63) is 59.6 Å². The molecule has 0 saturated carbocycles. The lowest BCUT2D eigenvalue weighted by molar-refractivity contribution is -0.111. The molecule has 29 heavy (non-hydrogen) atoms. The molecule has 1 amide bonds. The Kier molecular flexibility index (Phi) is 6.36. The molecule has 0 fully saturated rings. The molecular weight excluding hydrogens is 396 g/mol. The van der Waals surface area contributed by atoms with Crippen molar-refractivity contribution in [1.82, 2.24) is 14.8 Å². The van der Waals surface area contributed by atoms with Gasteiger partial charge in [-0.3, -0.25) is 4.79 Å². The van der Waals surface area contributed by atoms with E-state index in [1.54, 1.807) is 36.4 Å². The smallest absolute Gasteiger partial charge is 0.248 e. The van der Waals surface area contributed by atoms with Gasteiger partial charge in [-0.2, -0.15) is 5.10 Å². The van der Waals surface area contributed by atoms with E-state index >= 15 is 0 Å². The van der Waals surface area contributed by atoms with E-state index in [2.05, 4.69) is 15.4 Å². The van der Waals surface area contributed by atoms with E-state index in [1.807, 2.05) is 0 Å². The quantitative estimate of drug-likeness (QED) is 0.594. The summed E-state index contributed by atoms with van der Waals surface area (Å²) in [6.07, 6.45) is 5.97. The number of rotatable bonds is 7. The van der Waals surface area contributed by atoms with Gasteiger partial charge in [0.25, 0.3) is 0 Å². The van der Waals surface area contributed by atoms with Gasteiger partial charge in [-0.05, 0) is 42.0 Å². The molecule has 0 aliphatic heterocycles. The predicted molar refractivity (Wildman–Crippen MR) is 110 cm³/mol. The van der Waals surface area contributed by atoms with Crippen molar-refractivity contribution in [3.63, 3.8) is 0 Å². The third kappa shape index (κ3) is 4.67. The molecule has 0 aliphatic carbocycles. The zero-order chi connectivity index (χ0) is 20.8. The van der Waals surface area contributed by atoms with Crippen LogP contribution in [0.2, 0.25) is 5.02 Å². The number of ether oxygens (including phenoxy) is 3. The van der Waals surface area contributed by atoms with Crippen molar-refractivity contribution < 1.29 is 19.0 Å². The number of nitrogens with one attached hydrogen (secondary N) is 1. The van der Waals surface area contributed by atoms with Crippen LogP contribution in [0.25, 0.3) is 11.8 Å². The van der Waals surface area contributed by atoms with Gasteiger partial charge >= 0.3 is 0 Å². The van der Waals surface area contributed by atoms with Crippen molar-refractivity contribution in [1.29, 1.82) is 0 Å². The van der Waals surface area contributed by atoms with Crippen LogP contribution in [0.5, 0.6) is 17.2 Å². The van der Waals surface area contributed by atoms with Crippen LogP contribution in [0.15, 0.2) is 49.1 Å². The van der Waals surface area contributed by atoms with Gasteiger partial charge in [0, 0.05) is 11.1 Å². The van der Waals surface area contributed by atoms with Crippen LogP contribution in [-0.2, 0) is 4.79 Å². The molecule has 1 heterocycles. The zero-order valence-corrected chi connectivity index (χ0v) is 16.8. The summed E-state index contributed by atoms with van der Waals surface area (Å²) in [6, 6.07) is 8.58. The molecule has 3 rings (SSSR count). The first-order chi connectivity index (χ1) is 14.0. The maximum absolute atomic E-state index is 12.5. The monoisotopic (exact) mass is 414 g/mol. The molecule has 1 N–H and O–H groups in total. The number of benzene rings is 2. The first-order valence-corrected chi connectivity index (χ1v) is 8.87. The first-order valence-electron chi connectivity index (χ1n) is 8.49. The summed E-state index contributed by atoms with van der Waals surface area (Å²) in [5, 5.41) is 7.37. The predicted octanol–water partition coefficient (Wildman–Crippen LogP) is 3.60. The second kappa shape index (κ2) is 9.11. The Balaban J connectivity index is 1.83. The number of anilines is 1. The summed E-state index contributed by atoms with van der Waals surface area (Å²) in [4.78, 5) is 16.4. The van der Waals surface area contributed by atoms with E-state index in [0.717, 1.165) is 0 Å². The number of halogens is 1. The average molecular weight is 415 g/mol. The number of nitrogens with zero attached hydrogens (tertiary/aromatic N) is 3. The van der Waals surface area contributed by atoms with Crippen LogP contribution in [0.4, 0.5) is 5.69 Å². The third-order valence-electron chi connectivity index (χ3n) is 4.00. The number of methoxy groups -OCH3 is 3. The van der Waals surface area contributed by atoms with E-state index in [1.165, 1.54) is 44.7 Å². The van der Waals surface area contributed by atoms with E-state index in [0.29, 0.717) is 39.2 Å². The third-order valence-corrected chi connectivity index (χ3v) is 4.23. The Hall–Kier alpha value is -3.52. The van der Waals surface area contributed by atoms with Crippen LogP contribution < -0.4 is 19.5 Å². The van der Waals surface area contributed by atoms with Crippen LogP contribution in [-0.4, -0.2) is 42.0 Å². The summed E-state index contributed by atoms with van der Waals surface area (Å²) in [5.74, 6) is 1.13. The summed E-state index contributed by atoms with van der Waals surface area (Å²) in [5.41, 5.74) is 1.85. The minimum atomic E-state index is -0.345. The SMILES string of the molecule is COc1cc(/C=C/C(=O)Nc2cc(Cl)ccc2-n2cncn2)cc(OC)c1OC. The Labute approximate surface area is 172 Å². The van der Waals surface area contributed by atoms with Crippen LogP contribution in [0, 0.1) is 0 Å². The van der Waals surface area contributed by atoms with E-state index in [4.69, 9.17) is 25.8 Å². The Bertz CT molecular complexity index is 1010. The molecule has 150 valence electrons. The molecule has 0 spiro atoms. The number of amides is 1. The minimum absolute atomic E-state index is 0.345.